The molecule has 0 N–H and O–H groups in total. The van der Waals surface area contributed by atoms with Gasteiger partial charge in [-0.3, -0.25) is 4.79 Å². The molecule has 0 atom stereocenters. The number of halogens is 3. The van der Waals surface area contributed by atoms with E-state index in [0.29, 0.717) is 5.56 Å². The number of nitrogens with zero attached hydrogens (tertiary/aromatic N) is 3. The second-order valence-corrected chi connectivity index (χ2v) is 7.84. The lowest BCUT2D eigenvalue weighted by atomic mass is 10.0. The van der Waals surface area contributed by atoms with Crippen molar-refractivity contribution in [1.82, 2.24) is 14.5 Å². The molecule has 0 spiro atoms. The normalized spacial score (nSPS) is 11.5. The molecule has 0 aliphatic rings. The van der Waals surface area contributed by atoms with Crippen LogP contribution in [0.1, 0.15) is 11.3 Å². The van der Waals surface area contributed by atoms with Crippen molar-refractivity contribution in [3.05, 3.63) is 101 Å². The van der Waals surface area contributed by atoms with E-state index in [1.807, 2.05) is 54.6 Å². The number of hydrogen-bond acceptors (Lipinski definition) is 4. The Kier molecular flexibility index (Phi) is 6.14. The van der Waals surface area contributed by atoms with Crippen LogP contribution in [0.25, 0.3) is 22.4 Å². The van der Waals surface area contributed by atoms with Crippen LogP contribution >= 0.6 is 11.8 Å². The van der Waals surface area contributed by atoms with E-state index in [4.69, 9.17) is 0 Å². The maximum atomic E-state index is 13.2. The summed E-state index contributed by atoms with van der Waals surface area (Å²) in [5.74, 6) is 0. The molecule has 4 nitrogen and oxygen atoms in total. The van der Waals surface area contributed by atoms with E-state index in [-0.39, 0.29) is 23.0 Å². The Hall–Kier alpha value is -3.39. The molecule has 2 aromatic carbocycles. The molecule has 4 rings (SSSR count). The van der Waals surface area contributed by atoms with E-state index >= 15 is 0 Å². The highest BCUT2D eigenvalue weighted by molar-refractivity contribution is 7.98. The molecule has 0 radical (unpaired) electrons. The molecular formula is C24H18F3N3OS. The lowest BCUT2D eigenvalue weighted by Gasteiger charge is -2.12. The summed E-state index contributed by atoms with van der Waals surface area (Å²) in [5, 5.41) is 0.0177. The maximum absolute atomic E-state index is 13.2. The maximum Gasteiger partial charge on any atom is 0.433 e. The molecule has 0 aliphatic carbocycles. The Morgan fingerprint density at radius 1 is 0.875 bits per heavy atom. The summed E-state index contributed by atoms with van der Waals surface area (Å²) in [4.78, 5) is 20.1. The van der Waals surface area contributed by atoms with E-state index < -0.39 is 11.9 Å². The quantitative estimate of drug-likeness (QED) is 0.285. The largest absolute Gasteiger partial charge is 0.433 e. The Morgan fingerprint density at radius 3 is 2.19 bits per heavy atom. The summed E-state index contributed by atoms with van der Waals surface area (Å²) in [6.07, 6.45) is -1.45. The molecule has 32 heavy (non-hydrogen) atoms. The van der Waals surface area contributed by atoms with Crippen LogP contribution in [-0.4, -0.2) is 20.8 Å². The molecule has 8 heteroatoms. The molecule has 0 bridgehead atoms. The molecule has 4 aromatic rings. The van der Waals surface area contributed by atoms with E-state index in [1.165, 1.54) is 22.9 Å². The van der Waals surface area contributed by atoms with E-state index in [9.17, 15) is 18.0 Å². The zero-order valence-corrected chi connectivity index (χ0v) is 17.8. The average molecular weight is 453 g/mol. The Morgan fingerprint density at radius 2 is 1.53 bits per heavy atom. The molecule has 0 fully saturated rings. The number of thioether (sulfide) groups is 1. The van der Waals surface area contributed by atoms with Crippen LogP contribution < -0.4 is 5.56 Å². The zero-order chi connectivity index (χ0) is 22.7. The summed E-state index contributed by atoms with van der Waals surface area (Å²) < 4.78 is 41.2. The highest BCUT2D eigenvalue weighted by Crippen LogP contribution is 2.31. The summed E-state index contributed by atoms with van der Waals surface area (Å²) in [6, 6.07) is 21.4. The first kappa shape index (κ1) is 21.8. The van der Waals surface area contributed by atoms with Gasteiger partial charge in [-0.25, -0.2) is 9.97 Å². The highest BCUT2D eigenvalue weighted by atomic mass is 32.2. The third-order valence-corrected chi connectivity index (χ3v) is 5.42. The van der Waals surface area contributed by atoms with Crippen LogP contribution in [-0.2, 0) is 12.7 Å². The van der Waals surface area contributed by atoms with Crippen molar-refractivity contribution in [2.75, 3.05) is 6.26 Å². The standard InChI is InChI=1S/C24H18F3N3OS/c1-32-23-28-20(13-21(29-23)24(25,26)27)19-11-12-22(31)30(15-19)14-16-7-9-18(10-8-16)17-5-3-2-4-6-17/h2-13,15H,14H2,1H3. The molecule has 0 saturated heterocycles. The third kappa shape index (κ3) is 4.91. The van der Waals surface area contributed by atoms with Gasteiger partial charge in [0, 0.05) is 17.8 Å². The van der Waals surface area contributed by atoms with Gasteiger partial charge in [-0.2, -0.15) is 13.2 Å². The molecule has 0 amide bonds. The van der Waals surface area contributed by atoms with E-state index in [0.717, 1.165) is 34.5 Å². The van der Waals surface area contributed by atoms with Crippen LogP contribution in [0.2, 0.25) is 0 Å². The Labute approximate surface area is 186 Å². The van der Waals surface area contributed by atoms with Gasteiger partial charge in [0.05, 0.1) is 12.2 Å². The van der Waals surface area contributed by atoms with Gasteiger partial charge < -0.3 is 4.57 Å². The lowest BCUT2D eigenvalue weighted by Crippen LogP contribution is -2.19. The molecule has 0 aliphatic heterocycles. The fourth-order valence-corrected chi connectivity index (χ4v) is 3.63. The summed E-state index contributed by atoms with van der Waals surface area (Å²) in [7, 11) is 0. The van der Waals surface area contributed by atoms with Crippen LogP contribution in [0.4, 0.5) is 13.2 Å². The molecule has 162 valence electrons. The van der Waals surface area contributed by atoms with Gasteiger partial charge in [0.15, 0.2) is 5.16 Å². The van der Waals surface area contributed by atoms with Crippen LogP contribution in [0.5, 0.6) is 0 Å². The fraction of sp³-hybridized carbons (Fsp3) is 0.125. The molecule has 2 aromatic heterocycles. The minimum atomic E-state index is -4.59. The minimum Gasteiger partial charge on any atom is -0.310 e. The third-order valence-electron chi connectivity index (χ3n) is 4.87. The molecule has 2 heterocycles. The van der Waals surface area contributed by atoms with E-state index in [1.54, 1.807) is 6.26 Å². The van der Waals surface area contributed by atoms with Crippen molar-refractivity contribution in [2.45, 2.75) is 17.9 Å². The van der Waals surface area contributed by atoms with Crippen molar-refractivity contribution in [3.8, 4) is 22.4 Å². The van der Waals surface area contributed by atoms with Crippen molar-refractivity contribution in [2.24, 2.45) is 0 Å². The smallest absolute Gasteiger partial charge is 0.310 e. The van der Waals surface area contributed by atoms with Crippen LogP contribution in [0.15, 0.2) is 88.9 Å². The Bertz CT molecular complexity index is 1290. The monoisotopic (exact) mass is 453 g/mol. The first-order valence-electron chi connectivity index (χ1n) is 9.69. The SMILES string of the molecule is CSc1nc(-c2ccc(=O)n(Cc3ccc(-c4ccccc4)cc3)c2)cc(C(F)(F)F)n1. The summed E-state index contributed by atoms with van der Waals surface area (Å²) >= 11 is 1.03. The van der Waals surface area contributed by atoms with Gasteiger partial charge in [0.2, 0.25) is 0 Å². The first-order valence-corrected chi connectivity index (χ1v) is 10.9. The second kappa shape index (κ2) is 9.00. The predicted octanol–water partition coefficient (Wildman–Crippen LogP) is 5.76. The highest BCUT2D eigenvalue weighted by Gasteiger charge is 2.33. The van der Waals surface area contributed by atoms with Gasteiger partial charge in [-0.05, 0) is 35.1 Å². The van der Waals surface area contributed by atoms with Crippen molar-refractivity contribution in [1.29, 1.82) is 0 Å². The van der Waals surface area contributed by atoms with Crippen molar-refractivity contribution in [3.63, 3.8) is 0 Å². The van der Waals surface area contributed by atoms with Crippen molar-refractivity contribution >= 4 is 11.8 Å². The average Bonchev–Trinajstić information content (AvgIpc) is 2.80. The molecular weight excluding hydrogens is 435 g/mol. The van der Waals surface area contributed by atoms with Gasteiger partial charge in [-0.1, -0.05) is 66.4 Å². The van der Waals surface area contributed by atoms with Gasteiger partial charge in [-0.15, -0.1) is 0 Å². The topological polar surface area (TPSA) is 47.8 Å². The molecule has 0 saturated carbocycles. The summed E-state index contributed by atoms with van der Waals surface area (Å²) in [6.45, 7) is 0.286. The van der Waals surface area contributed by atoms with Crippen molar-refractivity contribution < 1.29 is 13.2 Å². The number of benzene rings is 2. The predicted molar refractivity (Wildman–Crippen MR) is 119 cm³/mol. The van der Waals surface area contributed by atoms with Gasteiger partial charge >= 0.3 is 6.18 Å². The van der Waals surface area contributed by atoms with Gasteiger partial charge in [0.25, 0.3) is 5.56 Å². The number of aromatic nitrogens is 3. The number of alkyl halides is 3. The second-order valence-electron chi connectivity index (χ2n) is 7.07. The fourth-order valence-electron chi connectivity index (χ4n) is 3.25. The number of rotatable bonds is 5. The first-order chi connectivity index (χ1) is 15.3. The molecule has 0 unspecified atom stereocenters. The Balaban J connectivity index is 1.65. The van der Waals surface area contributed by atoms with Gasteiger partial charge in [0.1, 0.15) is 5.69 Å². The minimum absolute atomic E-state index is 0.0177. The zero-order valence-electron chi connectivity index (χ0n) is 17.0. The van der Waals surface area contributed by atoms with E-state index in [2.05, 4.69) is 9.97 Å². The summed E-state index contributed by atoms with van der Waals surface area (Å²) in [5.41, 5.74) is 2.30. The lowest BCUT2D eigenvalue weighted by molar-refractivity contribution is -0.141. The van der Waals surface area contributed by atoms with Crippen LogP contribution in [0.3, 0.4) is 0 Å². The number of pyridine rings is 1. The van der Waals surface area contributed by atoms with Crippen LogP contribution in [0, 0.1) is 0 Å². The number of hydrogen-bond donors (Lipinski definition) is 0.